The predicted molar refractivity (Wildman–Crippen MR) is 66.5 cm³/mol. The number of nitrogens with two attached hydrogens (primary N) is 1. The molecule has 0 aliphatic carbocycles. The fraction of sp³-hybridized carbons (Fsp3) is 0.167. The van der Waals surface area contributed by atoms with Gasteiger partial charge in [0.2, 0.25) is 0 Å². The van der Waals surface area contributed by atoms with Crippen molar-refractivity contribution >= 4 is 17.4 Å². The molecule has 1 heterocycles. The molecule has 1 aromatic heterocycles. The van der Waals surface area contributed by atoms with Gasteiger partial charge in [-0.3, -0.25) is 4.79 Å². The lowest BCUT2D eigenvalue weighted by Crippen LogP contribution is -2.12. The number of carbonyl (C=O) groups is 1. The molecular formula is C12H13N3O3. The van der Waals surface area contributed by atoms with E-state index in [-0.39, 0.29) is 5.91 Å². The maximum absolute atomic E-state index is 11.8. The zero-order valence-corrected chi connectivity index (χ0v) is 9.84. The normalized spacial score (nSPS) is 10.1. The van der Waals surface area contributed by atoms with Gasteiger partial charge in [-0.1, -0.05) is 5.16 Å². The van der Waals surface area contributed by atoms with Gasteiger partial charge in [0, 0.05) is 11.6 Å². The van der Waals surface area contributed by atoms with E-state index in [2.05, 4.69) is 15.0 Å². The second kappa shape index (κ2) is 5.22. The van der Waals surface area contributed by atoms with Gasteiger partial charge in [-0.25, -0.2) is 0 Å². The third kappa shape index (κ3) is 2.60. The second-order valence-corrected chi connectivity index (χ2v) is 3.52. The summed E-state index contributed by atoms with van der Waals surface area (Å²) in [6, 6.07) is 6.41. The van der Waals surface area contributed by atoms with E-state index in [0.29, 0.717) is 29.4 Å². The fourth-order valence-electron chi connectivity index (χ4n) is 1.44. The van der Waals surface area contributed by atoms with Crippen molar-refractivity contribution < 1.29 is 14.1 Å². The molecule has 0 radical (unpaired) electrons. The van der Waals surface area contributed by atoms with Crippen molar-refractivity contribution in [3.8, 4) is 5.75 Å². The summed E-state index contributed by atoms with van der Waals surface area (Å²) < 4.78 is 9.91. The highest BCUT2D eigenvalue weighted by molar-refractivity contribution is 6.04. The van der Waals surface area contributed by atoms with Gasteiger partial charge in [0.1, 0.15) is 12.0 Å². The van der Waals surface area contributed by atoms with Crippen LogP contribution >= 0.6 is 0 Å². The number of nitrogen functional groups attached to an aromatic ring is 1. The number of amides is 1. The Morgan fingerprint density at radius 1 is 1.50 bits per heavy atom. The van der Waals surface area contributed by atoms with Crippen LogP contribution in [0.15, 0.2) is 35.1 Å². The van der Waals surface area contributed by atoms with Crippen molar-refractivity contribution in [3.05, 3.63) is 36.1 Å². The average Bonchev–Trinajstić information content (AvgIpc) is 2.84. The number of carbonyl (C=O) groups excluding carboxylic acids is 1. The molecule has 94 valence electrons. The quantitative estimate of drug-likeness (QED) is 0.805. The van der Waals surface area contributed by atoms with Crippen LogP contribution in [0.4, 0.5) is 11.5 Å². The molecule has 0 bridgehead atoms. The van der Waals surface area contributed by atoms with Crippen LogP contribution in [0.1, 0.15) is 17.3 Å². The summed E-state index contributed by atoms with van der Waals surface area (Å²) in [5.41, 5.74) is 6.63. The lowest BCUT2D eigenvalue weighted by atomic mass is 10.2. The minimum Gasteiger partial charge on any atom is -0.492 e. The molecule has 6 nitrogen and oxygen atoms in total. The molecule has 3 N–H and O–H groups in total. The fourth-order valence-corrected chi connectivity index (χ4v) is 1.44. The predicted octanol–water partition coefficient (Wildman–Crippen LogP) is 1.91. The van der Waals surface area contributed by atoms with Gasteiger partial charge >= 0.3 is 0 Å². The molecule has 2 rings (SSSR count). The topological polar surface area (TPSA) is 90.4 Å². The Hall–Kier alpha value is -2.50. The third-order valence-electron chi connectivity index (χ3n) is 2.25. The Balaban J connectivity index is 2.13. The Morgan fingerprint density at radius 2 is 2.33 bits per heavy atom. The number of hydrogen-bond acceptors (Lipinski definition) is 5. The van der Waals surface area contributed by atoms with E-state index in [1.807, 2.05) is 6.92 Å². The third-order valence-corrected chi connectivity index (χ3v) is 2.25. The van der Waals surface area contributed by atoms with Gasteiger partial charge in [-0.2, -0.15) is 0 Å². The molecule has 18 heavy (non-hydrogen) atoms. The molecule has 0 saturated heterocycles. The van der Waals surface area contributed by atoms with E-state index in [1.54, 1.807) is 24.3 Å². The molecule has 0 atom stereocenters. The average molecular weight is 247 g/mol. The van der Waals surface area contributed by atoms with Crippen LogP contribution in [-0.4, -0.2) is 17.7 Å². The standard InChI is InChI=1S/C12H13N3O3/c1-2-17-10-4-3-8(7-9(10)13)12(16)14-11-5-6-18-15-11/h3-7H,2,13H2,1H3,(H,14,15,16). The Bertz CT molecular complexity index is 538. The highest BCUT2D eigenvalue weighted by Crippen LogP contribution is 2.22. The van der Waals surface area contributed by atoms with Crippen LogP contribution in [-0.2, 0) is 0 Å². The summed E-state index contributed by atoms with van der Waals surface area (Å²) in [5.74, 6) is 0.613. The SMILES string of the molecule is CCOc1ccc(C(=O)Nc2ccon2)cc1N. The number of rotatable bonds is 4. The van der Waals surface area contributed by atoms with Gasteiger partial charge in [-0.05, 0) is 25.1 Å². The molecule has 0 aliphatic heterocycles. The van der Waals surface area contributed by atoms with E-state index >= 15 is 0 Å². The first-order chi connectivity index (χ1) is 8.70. The molecule has 0 saturated carbocycles. The van der Waals surface area contributed by atoms with Crippen LogP contribution in [0.3, 0.4) is 0 Å². The van der Waals surface area contributed by atoms with E-state index in [1.165, 1.54) is 6.26 Å². The smallest absolute Gasteiger partial charge is 0.256 e. The van der Waals surface area contributed by atoms with Crippen molar-refractivity contribution in [1.29, 1.82) is 0 Å². The lowest BCUT2D eigenvalue weighted by molar-refractivity contribution is 0.102. The summed E-state index contributed by atoms with van der Waals surface area (Å²) in [6.45, 7) is 2.39. The molecular weight excluding hydrogens is 234 g/mol. The first-order valence-corrected chi connectivity index (χ1v) is 5.44. The molecule has 1 amide bonds. The Labute approximate surface area is 104 Å². The minimum atomic E-state index is -0.307. The number of nitrogens with one attached hydrogen (secondary N) is 1. The van der Waals surface area contributed by atoms with Gasteiger partial charge in [0.15, 0.2) is 5.82 Å². The van der Waals surface area contributed by atoms with E-state index in [4.69, 9.17) is 10.5 Å². The molecule has 0 spiro atoms. The molecule has 1 aromatic carbocycles. The first-order valence-electron chi connectivity index (χ1n) is 5.44. The number of benzene rings is 1. The van der Waals surface area contributed by atoms with Gasteiger partial charge in [-0.15, -0.1) is 0 Å². The van der Waals surface area contributed by atoms with Gasteiger partial charge in [0.05, 0.1) is 12.3 Å². The van der Waals surface area contributed by atoms with Crippen molar-refractivity contribution in [2.24, 2.45) is 0 Å². The number of anilines is 2. The Morgan fingerprint density at radius 3 is 2.94 bits per heavy atom. The molecule has 0 unspecified atom stereocenters. The lowest BCUT2D eigenvalue weighted by Gasteiger charge is -2.08. The zero-order valence-electron chi connectivity index (χ0n) is 9.84. The summed E-state index contributed by atoms with van der Waals surface area (Å²) in [5, 5.41) is 6.16. The summed E-state index contributed by atoms with van der Waals surface area (Å²) in [4.78, 5) is 11.8. The minimum absolute atomic E-state index is 0.307. The Kier molecular flexibility index (Phi) is 3.47. The molecule has 6 heteroatoms. The number of nitrogens with zero attached hydrogens (tertiary/aromatic N) is 1. The van der Waals surface area contributed by atoms with Crippen LogP contribution in [0.5, 0.6) is 5.75 Å². The van der Waals surface area contributed by atoms with Crippen LogP contribution < -0.4 is 15.8 Å². The maximum Gasteiger partial charge on any atom is 0.256 e. The molecule has 2 aromatic rings. The summed E-state index contributed by atoms with van der Waals surface area (Å²) in [6.07, 6.45) is 1.38. The summed E-state index contributed by atoms with van der Waals surface area (Å²) in [7, 11) is 0. The summed E-state index contributed by atoms with van der Waals surface area (Å²) >= 11 is 0. The van der Waals surface area contributed by atoms with Crippen molar-refractivity contribution in [2.75, 3.05) is 17.7 Å². The number of aromatic nitrogens is 1. The van der Waals surface area contributed by atoms with Crippen LogP contribution in [0, 0.1) is 0 Å². The van der Waals surface area contributed by atoms with E-state index in [0.717, 1.165) is 0 Å². The largest absolute Gasteiger partial charge is 0.492 e. The first kappa shape index (κ1) is 12.0. The highest BCUT2D eigenvalue weighted by atomic mass is 16.5. The monoisotopic (exact) mass is 247 g/mol. The van der Waals surface area contributed by atoms with E-state index in [9.17, 15) is 4.79 Å². The van der Waals surface area contributed by atoms with E-state index < -0.39 is 0 Å². The van der Waals surface area contributed by atoms with Crippen molar-refractivity contribution in [1.82, 2.24) is 5.16 Å². The van der Waals surface area contributed by atoms with Crippen LogP contribution in [0.25, 0.3) is 0 Å². The second-order valence-electron chi connectivity index (χ2n) is 3.52. The zero-order chi connectivity index (χ0) is 13.0. The highest BCUT2D eigenvalue weighted by Gasteiger charge is 2.10. The number of ether oxygens (including phenoxy) is 1. The van der Waals surface area contributed by atoms with Gasteiger partial charge in [0.25, 0.3) is 5.91 Å². The van der Waals surface area contributed by atoms with Crippen molar-refractivity contribution in [3.63, 3.8) is 0 Å². The van der Waals surface area contributed by atoms with Crippen molar-refractivity contribution in [2.45, 2.75) is 6.92 Å². The van der Waals surface area contributed by atoms with Crippen LogP contribution in [0.2, 0.25) is 0 Å². The van der Waals surface area contributed by atoms with Gasteiger partial charge < -0.3 is 20.3 Å². The maximum atomic E-state index is 11.8. The molecule has 0 aliphatic rings. The molecule has 0 fully saturated rings. The number of hydrogen-bond donors (Lipinski definition) is 2.